The molecule has 1 atom stereocenters. The number of nitrogens with zero attached hydrogens (tertiary/aromatic N) is 2. The molecule has 7 nitrogen and oxygen atoms in total. The van der Waals surface area contributed by atoms with E-state index in [1.807, 2.05) is 13.8 Å². The fourth-order valence-electron chi connectivity index (χ4n) is 3.52. The first-order valence-electron chi connectivity index (χ1n) is 10.4. The van der Waals surface area contributed by atoms with Crippen molar-refractivity contribution in [3.8, 4) is 0 Å². The molecule has 1 aliphatic rings. The third-order valence-electron chi connectivity index (χ3n) is 5.58. The Morgan fingerprint density at radius 2 is 2.00 bits per heavy atom. The summed E-state index contributed by atoms with van der Waals surface area (Å²) in [5, 5.41) is 6.77. The molecule has 1 amide bonds. The highest BCUT2D eigenvalue weighted by Gasteiger charge is 2.36. The Kier molecular flexibility index (Phi) is 7.27. The molecule has 1 saturated heterocycles. The number of hydrogen-bond donors (Lipinski definition) is 1. The second kappa shape index (κ2) is 9.74. The molecular formula is C22H28FN3O4S. The third-order valence-corrected chi connectivity index (χ3v) is 7.63. The third kappa shape index (κ3) is 5.22. The Labute approximate surface area is 182 Å². The molecule has 0 spiro atoms. The van der Waals surface area contributed by atoms with Gasteiger partial charge < -0.3 is 9.84 Å². The largest absolute Gasteiger partial charge is 0.355 e. The van der Waals surface area contributed by atoms with Gasteiger partial charge in [-0.15, -0.1) is 0 Å². The van der Waals surface area contributed by atoms with Crippen LogP contribution in [0.1, 0.15) is 50.1 Å². The highest BCUT2D eigenvalue weighted by molar-refractivity contribution is 7.89. The van der Waals surface area contributed by atoms with Crippen LogP contribution in [-0.2, 0) is 14.8 Å². The molecule has 0 aliphatic carbocycles. The molecule has 0 bridgehead atoms. The number of rotatable bonds is 7. The van der Waals surface area contributed by atoms with E-state index in [1.165, 1.54) is 22.5 Å². The monoisotopic (exact) mass is 449 g/mol. The number of aromatic nitrogens is 1. The van der Waals surface area contributed by atoms with E-state index in [1.54, 1.807) is 25.1 Å². The summed E-state index contributed by atoms with van der Waals surface area (Å²) in [6.45, 7) is 5.98. The normalized spacial score (nSPS) is 17.2. The Morgan fingerprint density at radius 3 is 2.65 bits per heavy atom. The first-order chi connectivity index (χ1) is 14.7. The molecule has 0 saturated carbocycles. The van der Waals surface area contributed by atoms with Crippen molar-refractivity contribution in [2.45, 2.75) is 51.0 Å². The van der Waals surface area contributed by atoms with Crippen molar-refractivity contribution in [2.24, 2.45) is 5.92 Å². The molecule has 0 radical (unpaired) electrons. The smallest absolute Gasteiger partial charge is 0.248 e. The van der Waals surface area contributed by atoms with Crippen LogP contribution in [0.25, 0.3) is 12.2 Å². The maximum Gasteiger partial charge on any atom is 0.248 e. The van der Waals surface area contributed by atoms with E-state index < -0.39 is 15.8 Å². The quantitative estimate of drug-likeness (QED) is 0.697. The fourth-order valence-corrected chi connectivity index (χ4v) is 5.24. The second-order valence-corrected chi connectivity index (χ2v) is 9.69. The van der Waals surface area contributed by atoms with Gasteiger partial charge in [-0.05, 0) is 51.3 Å². The van der Waals surface area contributed by atoms with E-state index in [-0.39, 0.29) is 47.3 Å². The van der Waals surface area contributed by atoms with Crippen LogP contribution in [0.15, 0.2) is 33.7 Å². The maximum absolute atomic E-state index is 13.9. The molecular weight excluding hydrogens is 421 g/mol. The molecule has 1 aromatic heterocycles. The van der Waals surface area contributed by atoms with Crippen LogP contribution in [0.3, 0.4) is 0 Å². The Hall–Kier alpha value is -2.52. The highest BCUT2D eigenvalue weighted by Crippen LogP contribution is 2.29. The number of nitrogens with one attached hydrogen (secondary N) is 1. The Balaban J connectivity index is 1.75. The van der Waals surface area contributed by atoms with E-state index in [0.717, 1.165) is 6.42 Å². The van der Waals surface area contributed by atoms with E-state index in [4.69, 9.17) is 4.52 Å². The van der Waals surface area contributed by atoms with Crippen LogP contribution in [0, 0.1) is 18.7 Å². The average molecular weight is 450 g/mol. The summed E-state index contributed by atoms with van der Waals surface area (Å²) in [6.07, 6.45) is 4.62. The summed E-state index contributed by atoms with van der Waals surface area (Å²) in [4.78, 5) is 12.3. The Morgan fingerprint density at radius 1 is 1.32 bits per heavy atom. The summed E-state index contributed by atoms with van der Waals surface area (Å²) >= 11 is 0. The first kappa shape index (κ1) is 23.1. The minimum absolute atomic E-state index is 0.0254. The van der Waals surface area contributed by atoms with Gasteiger partial charge in [0.05, 0.1) is 0 Å². The molecule has 168 valence electrons. The van der Waals surface area contributed by atoms with Crippen LogP contribution in [0.5, 0.6) is 0 Å². The van der Waals surface area contributed by atoms with Gasteiger partial charge in [-0.2, -0.15) is 4.31 Å². The molecule has 31 heavy (non-hydrogen) atoms. The summed E-state index contributed by atoms with van der Waals surface area (Å²) in [5.41, 5.74) is 0.554. The number of carbonyl (C=O) groups is 1. The van der Waals surface area contributed by atoms with Crippen LogP contribution in [-0.4, -0.2) is 42.9 Å². The molecule has 3 rings (SSSR count). The molecule has 9 heteroatoms. The molecule has 1 aromatic carbocycles. The number of piperidine rings is 1. The summed E-state index contributed by atoms with van der Waals surface area (Å²) in [6, 6.07) is 6.27. The number of amides is 1. The van der Waals surface area contributed by atoms with Crippen molar-refractivity contribution >= 4 is 28.1 Å². The zero-order chi connectivity index (χ0) is 22.6. The average Bonchev–Trinajstić information content (AvgIpc) is 3.14. The number of sulfonamides is 1. The van der Waals surface area contributed by atoms with Gasteiger partial charge in [0.2, 0.25) is 15.9 Å². The molecule has 1 fully saturated rings. The summed E-state index contributed by atoms with van der Waals surface area (Å²) < 4.78 is 47.0. The lowest BCUT2D eigenvalue weighted by Gasteiger charge is -2.31. The molecule has 1 N–H and O–H groups in total. The minimum atomic E-state index is -3.87. The van der Waals surface area contributed by atoms with Gasteiger partial charge in [0.1, 0.15) is 11.5 Å². The predicted molar refractivity (Wildman–Crippen MR) is 116 cm³/mol. The fraction of sp³-hybridized carbons (Fsp3) is 0.455. The molecule has 1 aliphatic heterocycles. The minimum Gasteiger partial charge on any atom is -0.355 e. The molecule has 0 unspecified atom stereocenters. The van der Waals surface area contributed by atoms with Crippen LogP contribution in [0.4, 0.5) is 4.39 Å². The lowest BCUT2D eigenvalue weighted by Crippen LogP contribution is -2.44. The zero-order valence-corrected chi connectivity index (χ0v) is 18.8. The van der Waals surface area contributed by atoms with Crippen LogP contribution in [0.2, 0.25) is 0 Å². The van der Waals surface area contributed by atoms with Crippen molar-refractivity contribution < 1.29 is 22.1 Å². The van der Waals surface area contributed by atoms with E-state index in [0.29, 0.717) is 18.4 Å². The molecule has 2 heterocycles. The van der Waals surface area contributed by atoms with E-state index in [2.05, 4.69) is 10.5 Å². The van der Waals surface area contributed by atoms with Gasteiger partial charge in [-0.3, -0.25) is 4.79 Å². The standard InChI is InChI=1S/C22H28FN3O4S/c1-4-15(2)24-22(27)18-11-13-26(14-12-18)31(28,29)21-16(3)25-30-20(21)10-9-17-7-5-6-8-19(17)23/h5-10,15,18H,4,11-14H2,1-3H3,(H,24,27)/b10-9+/t15-/m0/s1. The zero-order valence-electron chi connectivity index (χ0n) is 18.0. The van der Waals surface area contributed by atoms with E-state index >= 15 is 0 Å². The summed E-state index contributed by atoms with van der Waals surface area (Å²) in [5.74, 6) is -0.597. The maximum atomic E-state index is 13.9. The number of hydrogen-bond acceptors (Lipinski definition) is 5. The van der Waals surface area contributed by atoms with Crippen LogP contribution < -0.4 is 5.32 Å². The Bertz CT molecular complexity index is 1060. The van der Waals surface area contributed by atoms with Gasteiger partial charge in [-0.25, -0.2) is 12.8 Å². The first-order valence-corrected chi connectivity index (χ1v) is 11.9. The summed E-state index contributed by atoms with van der Waals surface area (Å²) in [7, 11) is -3.87. The van der Waals surface area contributed by atoms with Gasteiger partial charge in [0, 0.05) is 30.6 Å². The molecule has 2 aromatic rings. The van der Waals surface area contributed by atoms with Gasteiger partial charge >= 0.3 is 0 Å². The number of halogens is 1. The number of carbonyl (C=O) groups excluding carboxylic acids is 1. The van der Waals surface area contributed by atoms with E-state index in [9.17, 15) is 17.6 Å². The van der Waals surface area contributed by atoms with Crippen LogP contribution >= 0.6 is 0 Å². The topological polar surface area (TPSA) is 92.5 Å². The van der Waals surface area contributed by atoms with Crippen molar-refractivity contribution in [1.82, 2.24) is 14.8 Å². The second-order valence-electron chi connectivity index (χ2n) is 7.81. The van der Waals surface area contributed by atoms with Crippen molar-refractivity contribution in [2.75, 3.05) is 13.1 Å². The lowest BCUT2D eigenvalue weighted by molar-refractivity contribution is -0.126. The number of benzene rings is 1. The SMILES string of the molecule is CC[C@H](C)NC(=O)C1CCN(S(=O)(=O)c2c(C)noc2/C=C/c2ccccc2F)CC1. The van der Waals surface area contributed by atoms with Gasteiger partial charge in [0.25, 0.3) is 0 Å². The number of aryl methyl sites for hydroxylation is 1. The van der Waals surface area contributed by atoms with Crippen molar-refractivity contribution in [3.05, 3.63) is 47.1 Å². The lowest BCUT2D eigenvalue weighted by atomic mass is 9.97. The van der Waals surface area contributed by atoms with Gasteiger partial charge in [0.15, 0.2) is 10.7 Å². The highest BCUT2D eigenvalue weighted by atomic mass is 32.2. The predicted octanol–water partition coefficient (Wildman–Crippen LogP) is 3.61. The van der Waals surface area contributed by atoms with Crippen molar-refractivity contribution in [3.63, 3.8) is 0 Å². The van der Waals surface area contributed by atoms with Crippen molar-refractivity contribution in [1.29, 1.82) is 0 Å². The van der Waals surface area contributed by atoms with Gasteiger partial charge in [-0.1, -0.05) is 30.3 Å².